The Kier molecular flexibility index (Phi) is 10.2. The molecule has 2 aromatic carbocycles. The number of carbonyl (C=O) groups is 2. The van der Waals surface area contributed by atoms with Crippen LogP contribution in [0.15, 0.2) is 49.1 Å². The van der Waals surface area contributed by atoms with Gasteiger partial charge in [0.2, 0.25) is 5.91 Å². The number of hydrogen-bond donors (Lipinski definition) is 3. The Morgan fingerprint density at radius 3 is 2.49 bits per heavy atom. The Hall–Kier alpha value is -2.77. The van der Waals surface area contributed by atoms with Gasteiger partial charge < -0.3 is 15.0 Å². The van der Waals surface area contributed by atoms with E-state index in [9.17, 15) is 14.7 Å². The molecule has 2 N–H and O–H groups in total. The molecular weight excluding hydrogens is 506 g/mol. The molecule has 1 unspecified atom stereocenters. The molecule has 1 aromatic heterocycles. The molecular formula is C29H36ClN3O3S. The maximum atomic E-state index is 12.8. The van der Waals surface area contributed by atoms with Crippen molar-refractivity contribution in [2.75, 3.05) is 5.75 Å². The fraction of sp³-hybridized carbons (Fsp3) is 0.414. The largest absolute Gasteiger partial charge is 0.478 e. The summed E-state index contributed by atoms with van der Waals surface area (Å²) in [5, 5.41) is 13.3. The number of carbonyl (C=O) groups excluding carboxylic acids is 1. The topological polar surface area (TPSA) is 84.2 Å². The lowest BCUT2D eigenvalue weighted by Gasteiger charge is -2.19. The Balaban J connectivity index is 2.04. The first-order valence-electron chi connectivity index (χ1n) is 12.7. The second-order valence-electron chi connectivity index (χ2n) is 9.98. The lowest BCUT2D eigenvalue weighted by molar-refractivity contribution is -0.124. The number of thiol groups is 1. The van der Waals surface area contributed by atoms with Crippen molar-refractivity contribution < 1.29 is 14.7 Å². The number of carboxylic acid groups (broad SMARTS) is 1. The number of halogens is 1. The second-order valence-corrected chi connectivity index (χ2v) is 10.8. The van der Waals surface area contributed by atoms with Gasteiger partial charge in [0.25, 0.3) is 0 Å². The number of rotatable bonds is 12. The molecule has 0 saturated carbocycles. The van der Waals surface area contributed by atoms with Gasteiger partial charge in [-0.15, -0.1) is 0 Å². The molecule has 0 radical (unpaired) electrons. The van der Waals surface area contributed by atoms with Gasteiger partial charge in [-0.1, -0.05) is 57.5 Å². The van der Waals surface area contributed by atoms with E-state index in [0.717, 1.165) is 24.0 Å². The minimum atomic E-state index is -1.06. The standard InChI is InChI=1S/C29H36ClN3O3S/c1-5-19(4)20-6-7-24(22(11-20)15-33-9-8-31-17-33)25-12-21(27(30)13-26(25)29(35)36)14-32-28(34)23(16-37)10-18(2)3/h6-9,11-13,17-19,23,37H,5,10,14-16H2,1-4H3,(H,32,34)(H,35,36)/t19?,23-/m1/s1. The molecule has 3 aromatic rings. The molecule has 198 valence electrons. The molecule has 0 spiro atoms. The number of carboxylic acids is 1. The predicted molar refractivity (Wildman–Crippen MR) is 153 cm³/mol. The summed E-state index contributed by atoms with van der Waals surface area (Å²) in [7, 11) is 0. The fourth-order valence-electron chi connectivity index (χ4n) is 4.44. The lowest BCUT2D eigenvalue weighted by Crippen LogP contribution is -2.32. The number of nitrogens with one attached hydrogen (secondary N) is 1. The normalized spacial score (nSPS) is 12.9. The van der Waals surface area contributed by atoms with Gasteiger partial charge in [-0.3, -0.25) is 4.79 Å². The van der Waals surface area contributed by atoms with Crippen molar-refractivity contribution in [3.63, 3.8) is 0 Å². The van der Waals surface area contributed by atoms with Crippen LogP contribution in [0.25, 0.3) is 11.1 Å². The van der Waals surface area contributed by atoms with Crippen molar-refractivity contribution in [1.29, 1.82) is 0 Å². The highest BCUT2D eigenvalue weighted by Crippen LogP contribution is 2.34. The molecule has 37 heavy (non-hydrogen) atoms. The van der Waals surface area contributed by atoms with Crippen molar-refractivity contribution in [3.05, 3.63) is 76.3 Å². The third-order valence-electron chi connectivity index (χ3n) is 6.73. The van der Waals surface area contributed by atoms with Gasteiger partial charge in [0.15, 0.2) is 0 Å². The zero-order valence-corrected chi connectivity index (χ0v) is 23.5. The molecule has 3 rings (SSSR count). The first-order chi connectivity index (χ1) is 17.6. The third kappa shape index (κ3) is 7.39. The number of hydrogen-bond acceptors (Lipinski definition) is 4. The molecule has 1 heterocycles. The maximum absolute atomic E-state index is 12.8. The van der Waals surface area contributed by atoms with Crippen molar-refractivity contribution in [3.8, 4) is 11.1 Å². The minimum absolute atomic E-state index is 0.0812. The van der Waals surface area contributed by atoms with E-state index in [1.807, 2.05) is 16.8 Å². The zero-order valence-electron chi connectivity index (χ0n) is 21.9. The molecule has 0 aliphatic heterocycles. The number of nitrogens with zero attached hydrogens (tertiary/aromatic N) is 2. The predicted octanol–water partition coefficient (Wildman–Crippen LogP) is 6.67. The summed E-state index contributed by atoms with van der Waals surface area (Å²) in [5.74, 6) is -0.131. The highest BCUT2D eigenvalue weighted by molar-refractivity contribution is 7.80. The average Bonchev–Trinajstić information content (AvgIpc) is 3.38. The molecule has 0 bridgehead atoms. The van der Waals surface area contributed by atoms with E-state index in [1.54, 1.807) is 18.6 Å². The van der Waals surface area contributed by atoms with Crippen LogP contribution in [-0.4, -0.2) is 32.3 Å². The molecule has 8 heteroatoms. The maximum Gasteiger partial charge on any atom is 0.336 e. The highest BCUT2D eigenvalue weighted by Gasteiger charge is 2.21. The summed E-state index contributed by atoms with van der Waals surface area (Å²) in [4.78, 5) is 29.2. The van der Waals surface area contributed by atoms with E-state index < -0.39 is 5.97 Å². The van der Waals surface area contributed by atoms with Gasteiger partial charge in [0.1, 0.15) is 0 Å². The number of benzene rings is 2. The Morgan fingerprint density at radius 1 is 1.14 bits per heavy atom. The van der Waals surface area contributed by atoms with Crippen LogP contribution in [0, 0.1) is 11.8 Å². The summed E-state index contributed by atoms with van der Waals surface area (Å²) in [6.45, 7) is 9.23. The Labute approximate surface area is 229 Å². The van der Waals surface area contributed by atoms with Crippen LogP contribution >= 0.6 is 24.2 Å². The van der Waals surface area contributed by atoms with Gasteiger partial charge in [-0.2, -0.15) is 12.6 Å². The number of imidazole rings is 1. The van der Waals surface area contributed by atoms with E-state index in [1.165, 1.54) is 11.6 Å². The van der Waals surface area contributed by atoms with Crippen LogP contribution in [-0.2, 0) is 17.9 Å². The fourth-order valence-corrected chi connectivity index (χ4v) is 4.99. The number of amides is 1. The summed E-state index contributed by atoms with van der Waals surface area (Å²) in [6, 6.07) is 9.47. The molecule has 0 saturated heterocycles. The van der Waals surface area contributed by atoms with E-state index in [0.29, 0.717) is 40.3 Å². The quantitative estimate of drug-likeness (QED) is 0.223. The van der Waals surface area contributed by atoms with E-state index in [4.69, 9.17) is 11.6 Å². The van der Waals surface area contributed by atoms with E-state index in [-0.39, 0.29) is 23.9 Å². The summed E-state index contributed by atoms with van der Waals surface area (Å²) in [5.41, 5.74) is 4.36. The molecule has 1 amide bonds. The average molecular weight is 542 g/mol. The highest BCUT2D eigenvalue weighted by atomic mass is 35.5. The van der Waals surface area contributed by atoms with E-state index in [2.05, 4.69) is 62.8 Å². The van der Waals surface area contributed by atoms with Crippen LogP contribution in [0.4, 0.5) is 0 Å². The summed E-state index contributed by atoms with van der Waals surface area (Å²) in [6.07, 6.45) is 7.10. The first-order valence-corrected chi connectivity index (χ1v) is 13.7. The van der Waals surface area contributed by atoms with Crippen molar-refractivity contribution in [2.24, 2.45) is 11.8 Å². The van der Waals surface area contributed by atoms with Gasteiger partial charge in [0, 0.05) is 42.2 Å². The lowest BCUT2D eigenvalue weighted by atomic mass is 9.89. The van der Waals surface area contributed by atoms with Gasteiger partial charge in [-0.25, -0.2) is 9.78 Å². The molecule has 0 fully saturated rings. The van der Waals surface area contributed by atoms with Crippen molar-refractivity contribution >= 4 is 36.1 Å². The van der Waals surface area contributed by atoms with Crippen LogP contribution in [0.2, 0.25) is 5.02 Å². The number of aromatic carboxylic acids is 1. The van der Waals surface area contributed by atoms with Gasteiger partial charge in [0.05, 0.1) is 11.9 Å². The SMILES string of the molecule is CCC(C)c1ccc(-c2cc(CNC(=O)[C@@H](CS)CC(C)C)c(Cl)cc2C(=O)O)c(Cn2ccnc2)c1. The third-order valence-corrected chi connectivity index (χ3v) is 7.52. The second kappa shape index (κ2) is 13.2. The van der Waals surface area contributed by atoms with E-state index >= 15 is 0 Å². The smallest absolute Gasteiger partial charge is 0.336 e. The van der Waals surface area contributed by atoms with Crippen LogP contribution < -0.4 is 5.32 Å². The van der Waals surface area contributed by atoms with Crippen molar-refractivity contribution in [1.82, 2.24) is 14.9 Å². The zero-order chi connectivity index (χ0) is 27.1. The summed E-state index contributed by atoms with van der Waals surface area (Å²) >= 11 is 10.9. The van der Waals surface area contributed by atoms with Crippen LogP contribution in [0.3, 0.4) is 0 Å². The van der Waals surface area contributed by atoms with Crippen LogP contribution in [0.1, 0.15) is 73.5 Å². The van der Waals surface area contributed by atoms with Gasteiger partial charge >= 0.3 is 5.97 Å². The monoisotopic (exact) mass is 541 g/mol. The number of aromatic nitrogens is 2. The first kappa shape index (κ1) is 28.8. The molecule has 2 atom stereocenters. The molecule has 0 aliphatic carbocycles. The molecule has 6 nitrogen and oxygen atoms in total. The molecule has 0 aliphatic rings. The summed E-state index contributed by atoms with van der Waals surface area (Å²) < 4.78 is 1.96. The van der Waals surface area contributed by atoms with Gasteiger partial charge in [-0.05, 0) is 64.6 Å². The Morgan fingerprint density at radius 2 is 1.89 bits per heavy atom. The Bertz CT molecular complexity index is 1230. The minimum Gasteiger partial charge on any atom is -0.478 e. The van der Waals surface area contributed by atoms with Crippen molar-refractivity contribution in [2.45, 2.75) is 59.5 Å². The van der Waals surface area contributed by atoms with Crippen LogP contribution in [0.5, 0.6) is 0 Å².